The predicted molar refractivity (Wildman–Crippen MR) is 85.2 cm³/mol. The Hall–Kier alpha value is -2.41. The Bertz CT molecular complexity index is 836. The third-order valence-electron chi connectivity index (χ3n) is 3.34. The van der Waals surface area contributed by atoms with Crippen molar-refractivity contribution in [3.8, 4) is 0 Å². The summed E-state index contributed by atoms with van der Waals surface area (Å²) >= 11 is 0.928. The van der Waals surface area contributed by atoms with E-state index in [0.29, 0.717) is 16.6 Å². The summed E-state index contributed by atoms with van der Waals surface area (Å²) in [5.41, 5.74) is 6.87. The van der Waals surface area contributed by atoms with Gasteiger partial charge in [-0.05, 0) is 17.7 Å². The number of fused-ring (bicyclic) bond motifs is 1. The number of alkyl halides is 2. The first-order valence-corrected chi connectivity index (χ1v) is 7.72. The molecule has 2 N–H and O–H groups in total. The second kappa shape index (κ2) is 6.37. The van der Waals surface area contributed by atoms with Crippen LogP contribution in [0.1, 0.15) is 17.4 Å². The van der Waals surface area contributed by atoms with Gasteiger partial charge in [0.15, 0.2) is 5.16 Å². The van der Waals surface area contributed by atoms with E-state index < -0.39 is 17.7 Å². The minimum atomic E-state index is -2.76. The van der Waals surface area contributed by atoms with Gasteiger partial charge in [0, 0.05) is 0 Å². The van der Waals surface area contributed by atoms with Crippen molar-refractivity contribution in [2.45, 2.75) is 17.0 Å². The van der Waals surface area contributed by atoms with E-state index in [1.54, 1.807) is 54.6 Å². The summed E-state index contributed by atoms with van der Waals surface area (Å²) in [6.45, 7) is -2.76. The second-order valence-electron chi connectivity index (χ2n) is 4.84. The minimum Gasteiger partial charge on any atom is -0.368 e. The molecule has 1 atom stereocenters. The summed E-state index contributed by atoms with van der Waals surface area (Å²) in [4.78, 5) is 16.0. The quantitative estimate of drug-likeness (QED) is 0.723. The molecule has 1 heterocycles. The van der Waals surface area contributed by atoms with Crippen LogP contribution in [0.2, 0.25) is 0 Å². The maximum Gasteiger partial charge on any atom is 0.321 e. The molecule has 7 heteroatoms. The molecular weight excluding hydrogens is 320 g/mol. The Morgan fingerprint density at radius 3 is 2.39 bits per heavy atom. The van der Waals surface area contributed by atoms with E-state index in [2.05, 4.69) is 4.98 Å². The molecule has 0 saturated heterocycles. The smallest absolute Gasteiger partial charge is 0.321 e. The highest BCUT2D eigenvalue weighted by molar-refractivity contribution is 8.00. The molecule has 0 spiro atoms. The molecule has 0 saturated carbocycles. The molecule has 3 aromatic rings. The Kier molecular flexibility index (Phi) is 4.29. The van der Waals surface area contributed by atoms with Crippen molar-refractivity contribution in [3.63, 3.8) is 0 Å². The molecular formula is C16H13F2N3OS. The number of amides is 1. The number of rotatable bonds is 5. The first kappa shape index (κ1) is 15.5. The third-order valence-corrected chi connectivity index (χ3v) is 4.58. The molecule has 0 bridgehead atoms. The van der Waals surface area contributed by atoms with Gasteiger partial charge in [-0.15, -0.1) is 0 Å². The number of hydrogen-bond donors (Lipinski definition) is 1. The molecule has 0 aliphatic carbocycles. The van der Waals surface area contributed by atoms with Crippen LogP contribution in [-0.2, 0) is 4.79 Å². The SMILES string of the molecule is NC(=O)[C@@H](Sc1nc2ccccc2n1C(F)F)c1ccccc1. The van der Waals surface area contributed by atoms with E-state index in [1.165, 1.54) is 0 Å². The molecule has 1 amide bonds. The highest BCUT2D eigenvalue weighted by Crippen LogP contribution is 2.38. The number of halogens is 2. The van der Waals surface area contributed by atoms with E-state index >= 15 is 0 Å². The largest absolute Gasteiger partial charge is 0.368 e. The van der Waals surface area contributed by atoms with Gasteiger partial charge in [0.2, 0.25) is 5.91 Å². The molecule has 2 aromatic carbocycles. The van der Waals surface area contributed by atoms with Gasteiger partial charge in [-0.25, -0.2) is 4.98 Å². The molecule has 4 nitrogen and oxygen atoms in total. The number of carbonyl (C=O) groups is 1. The standard InChI is InChI=1S/C16H13F2N3OS/c17-15(18)21-12-9-5-4-8-11(12)20-16(21)23-13(14(19)22)10-6-2-1-3-7-10/h1-9,13,15H,(H2,19,22)/t13-/m0/s1. The maximum absolute atomic E-state index is 13.4. The van der Waals surface area contributed by atoms with Gasteiger partial charge in [0.25, 0.3) is 0 Å². The van der Waals surface area contributed by atoms with Crippen LogP contribution in [0, 0.1) is 0 Å². The van der Waals surface area contributed by atoms with Gasteiger partial charge in [0.05, 0.1) is 11.0 Å². The lowest BCUT2D eigenvalue weighted by atomic mass is 10.1. The van der Waals surface area contributed by atoms with Crippen molar-refractivity contribution in [2.75, 3.05) is 0 Å². The lowest BCUT2D eigenvalue weighted by Crippen LogP contribution is -2.19. The summed E-state index contributed by atoms with van der Waals surface area (Å²) in [7, 11) is 0. The topological polar surface area (TPSA) is 60.9 Å². The fraction of sp³-hybridized carbons (Fsp3) is 0.125. The van der Waals surface area contributed by atoms with Crippen molar-refractivity contribution in [1.29, 1.82) is 0 Å². The summed E-state index contributed by atoms with van der Waals surface area (Å²) < 4.78 is 27.7. The van der Waals surface area contributed by atoms with Crippen molar-refractivity contribution in [3.05, 3.63) is 60.2 Å². The Morgan fingerprint density at radius 1 is 1.09 bits per heavy atom. The van der Waals surface area contributed by atoms with Crippen molar-refractivity contribution < 1.29 is 13.6 Å². The zero-order chi connectivity index (χ0) is 16.4. The van der Waals surface area contributed by atoms with Crippen LogP contribution >= 0.6 is 11.8 Å². The molecule has 0 radical (unpaired) electrons. The molecule has 118 valence electrons. The fourth-order valence-corrected chi connectivity index (χ4v) is 3.38. The number of carbonyl (C=O) groups excluding carboxylic acids is 1. The first-order valence-electron chi connectivity index (χ1n) is 6.84. The average Bonchev–Trinajstić information content (AvgIpc) is 2.91. The van der Waals surface area contributed by atoms with Gasteiger partial charge in [-0.2, -0.15) is 8.78 Å². The molecule has 1 aromatic heterocycles. The van der Waals surface area contributed by atoms with Crippen LogP contribution in [0.4, 0.5) is 8.78 Å². The van der Waals surface area contributed by atoms with Crippen LogP contribution in [0.3, 0.4) is 0 Å². The molecule has 0 unspecified atom stereocenters. The van der Waals surface area contributed by atoms with Crippen LogP contribution < -0.4 is 5.73 Å². The predicted octanol–water partition coefficient (Wildman–Crippen LogP) is 3.75. The van der Waals surface area contributed by atoms with E-state index in [1.807, 2.05) is 0 Å². The normalized spacial score (nSPS) is 12.7. The van der Waals surface area contributed by atoms with Crippen LogP contribution in [0.25, 0.3) is 11.0 Å². The monoisotopic (exact) mass is 333 g/mol. The Balaban J connectivity index is 2.05. The number of para-hydroxylation sites is 2. The number of benzene rings is 2. The van der Waals surface area contributed by atoms with Crippen molar-refractivity contribution in [1.82, 2.24) is 9.55 Å². The summed E-state index contributed by atoms with van der Waals surface area (Å²) in [6.07, 6.45) is 0. The van der Waals surface area contributed by atoms with E-state index in [4.69, 9.17) is 5.73 Å². The highest BCUT2D eigenvalue weighted by Gasteiger charge is 2.25. The zero-order valence-electron chi connectivity index (χ0n) is 11.9. The van der Waals surface area contributed by atoms with Gasteiger partial charge < -0.3 is 5.73 Å². The van der Waals surface area contributed by atoms with Crippen LogP contribution in [-0.4, -0.2) is 15.5 Å². The van der Waals surface area contributed by atoms with E-state index in [9.17, 15) is 13.6 Å². The number of nitrogens with zero attached hydrogens (tertiary/aromatic N) is 2. The Morgan fingerprint density at radius 2 is 1.74 bits per heavy atom. The zero-order valence-corrected chi connectivity index (χ0v) is 12.7. The van der Waals surface area contributed by atoms with E-state index in [-0.39, 0.29) is 5.16 Å². The number of nitrogens with two attached hydrogens (primary N) is 1. The van der Waals surface area contributed by atoms with Crippen molar-refractivity contribution >= 4 is 28.7 Å². The molecule has 0 fully saturated rings. The highest BCUT2D eigenvalue weighted by atomic mass is 32.2. The fourth-order valence-electron chi connectivity index (χ4n) is 2.32. The summed E-state index contributed by atoms with van der Waals surface area (Å²) in [6, 6.07) is 15.4. The average molecular weight is 333 g/mol. The van der Waals surface area contributed by atoms with Gasteiger partial charge in [0.1, 0.15) is 5.25 Å². The lowest BCUT2D eigenvalue weighted by molar-refractivity contribution is -0.117. The number of hydrogen-bond acceptors (Lipinski definition) is 3. The van der Waals surface area contributed by atoms with E-state index in [0.717, 1.165) is 16.3 Å². The van der Waals surface area contributed by atoms with Gasteiger partial charge in [-0.3, -0.25) is 9.36 Å². The molecule has 0 aliphatic rings. The van der Waals surface area contributed by atoms with Crippen LogP contribution in [0.5, 0.6) is 0 Å². The second-order valence-corrected chi connectivity index (χ2v) is 5.91. The van der Waals surface area contributed by atoms with Gasteiger partial charge in [-0.1, -0.05) is 54.2 Å². The number of imidazole rings is 1. The summed E-state index contributed by atoms with van der Waals surface area (Å²) in [5, 5.41) is -0.723. The van der Waals surface area contributed by atoms with Crippen LogP contribution in [0.15, 0.2) is 59.8 Å². The Labute approximate surface area is 135 Å². The third kappa shape index (κ3) is 3.05. The minimum absolute atomic E-state index is 0.0638. The number of thioether (sulfide) groups is 1. The molecule has 0 aliphatic heterocycles. The first-order chi connectivity index (χ1) is 11.1. The molecule has 3 rings (SSSR count). The lowest BCUT2D eigenvalue weighted by Gasteiger charge is -2.14. The van der Waals surface area contributed by atoms with Crippen molar-refractivity contribution in [2.24, 2.45) is 5.73 Å². The number of aromatic nitrogens is 2. The van der Waals surface area contributed by atoms with Gasteiger partial charge >= 0.3 is 6.55 Å². The number of primary amides is 1. The summed E-state index contributed by atoms with van der Waals surface area (Å²) in [5.74, 6) is -0.603. The molecule has 23 heavy (non-hydrogen) atoms. The maximum atomic E-state index is 13.4.